The fourth-order valence-electron chi connectivity index (χ4n) is 2.62. The SMILES string of the molecule is Cc1cc(OCc2ccccc2)cc(O)c1C(=O)OCc1ccccc1. The van der Waals surface area contributed by atoms with E-state index in [4.69, 9.17) is 9.47 Å². The van der Waals surface area contributed by atoms with Crippen LogP contribution in [0.15, 0.2) is 72.8 Å². The van der Waals surface area contributed by atoms with E-state index in [2.05, 4.69) is 0 Å². The zero-order valence-corrected chi connectivity index (χ0v) is 14.5. The van der Waals surface area contributed by atoms with E-state index in [0.717, 1.165) is 11.1 Å². The van der Waals surface area contributed by atoms with Gasteiger partial charge in [0.25, 0.3) is 0 Å². The highest BCUT2D eigenvalue weighted by atomic mass is 16.5. The molecule has 0 aliphatic heterocycles. The van der Waals surface area contributed by atoms with Gasteiger partial charge in [-0.25, -0.2) is 4.79 Å². The first-order chi connectivity index (χ1) is 12.6. The van der Waals surface area contributed by atoms with Crippen LogP contribution in [0.1, 0.15) is 27.0 Å². The van der Waals surface area contributed by atoms with Crippen molar-refractivity contribution in [3.8, 4) is 11.5 Å². The summed E-state index contributed by atoms with van der Waals surface area (Å²) >= 11 is 0. The summed E-state index contributed by atoms with van der Waals surface area (Å²) in [7, 11) is 0. The minimum atomic E-state index is -0.557. The van der Waals surface area contributed by atoms with Crippen LogP contribution in [0.4, 0.5) is 0 Å². The van der Waals surface area contributed by atoms with Crippen LogP contribution in [0.25, 0.3) is 0 Å². The minimum absolute atomic E-state index is 0.147. The third kappa shape index (κ3) is 4.42. The summed E-state index contributed by atoms with van der Waals surface area (Å²) in [6.07, 6.45) is 0. The number of hydrogen-bond acceptors (Lipinski definition) is 4. The van der Waals surface area contributed by atoms with Crippen LogP contribution < -0.4 is 4.74 Å². The van der Waals surface area contributed by atoms with E-state index in [9.17, 15) is 9.90 Å². The Morgan fingerprint density at radius 1 is 0.885 bits per heavy atom. The first-order valence-corrected chi connectivity index (χ1v) is 8.35. The summed E-state index contributed by atoms with van der Waals surface area (Å²) < 4.78 is 11.0. The zero-order chi connectivity index (χ0) is 18.4. The number of benzene rings is 3. The quantitative estimate of drug-likeness (QED) is 0.660. The zero-order valence-electron chi connectivity index (χ0n) is 14.5. The fourth-order valence-corrected chi connectivity index (χ4v) is 2.62. The highest BCUT2D eigenvalue weighted by molar-refractivity contribution is 5.94. The topological polar surface area (TPSA) is 55.8 Å². The van der Waals surface area contributed by atoms with Gasteiger partial charge in [0.15, 0.2) is 0 Å². The van der Waals surface area contributed by atoms with Gasteiger partial charge in [0.2, 0.25) is 0 Å². The lowest BCUT2D eigenvalue weighted by molar-refractivity contribution is 0.0468. The number of rotatable bonds is 6. The molecule has 1 N–H and O–H groups in total. The number of phenolic OH excluding ortho intramolecular Hbond substituents is 1. The molecule has 0 saturated carbocycles. The van der Waals surface area contributed by atoms with Crippen molar-refractivity contribution in [2.24, 2.45) is 0 Å². The van der Waals surface area contributed by atoms with Crippen LogP contribution in [-0.4, -0.2) is 11.1 Å². The average molecular weight is 348 g/mol. The number of phenols is 1. The van der Waals surface area contributed by atoms with E-state index < -0.39 is 5.97 Å². The molecule has 0 unspecified atom stereocenters. The van der Waals surface area contributed by atoms with Crippen molar-refractivity contribution in [3.63, 3.8) is 0 Å². The van der Waals surface area contributed by atoms with Gasteiger partial charge >= 0.3 is 5.97 Å². The smallest absolute Gasteiger partial charge is 0.342 e. The Kier molecular flexibility index (Phi) is 5.54. The monoisotopic (exact) mass is 348 g/mol. The third-order valence-corrected chi connectivity index (χ3v) is 3.95. The Bertz CT molecular complexity index is 850. The van der Waals surface area contributed by atoms with E-state index in [1.54, 1.807) is 13.0 Å². The number of esters is 1. The van der Waals surface area contributed by atoms with Gasteiger partial charge in [0, 0.05) is 6.07 Å². The normalized spacial score (nSPS) is 10.3. The van der Waals surface area contributed by atoms with Gasteiger partial charge in [-0.2, -0.15) is 0 Å². The lowest BCUT2D eigenvalue weighted by Crippen LogP contribution is -2.08. The molecule has 4 heteroatoms. The van der Waals surface area contributed by atoms with Crippen molar-refractivity contribution in [3.05, 3.63) is 95.1 Å². The number of ether oxygens (including phenoxy) is 2. The van der Waals surface area contributed by atoms with Crippen molar-refractivity contribution in [1.29, 1.82) is 0 Å². The Balaban J connectivity index is 1.67. The second-order valence-electron chi connectivity index (χ2n) is 5.97. The standard InChI is InChI=1S/C22H20O4/c1-16-12-19(25-14-17-8-4-2-5-9-17)13-20(23)21(16)22(24)26-15-18-10-6-3-7-11-18/h2-13,23H,14-15H2,1H3. The Hall–Kier alpha value is -3.27. The highest BCUT2D eigenvalue weighted by Crippen LogP contribution is 2.29. The van der Waals surface area contributed by atoms with E-state index in [-0.39, 0.29) is 17.9 Å². The molecule has 0 amide bonds. The first kappa shape index (κ1) is 17.5. The second kappa shape index (κ2) is 8.21. The molecule has 0 saturated heterocycles. The van der Waals surface area contributed by atoms with Crippen molar-refractivity contribution in [2.75, 3.05) is 0 Å². The van der Waals surface area contributed by atoms with Gasteiger partial charge < -0.3 is 14.6 Å². The molecule has 0 bridgehead atoms. The summed E-state index contributed by atoms with van der Waals surface area (Å²) in [5, 5.41) is 10.3. The molecule has 0 heterocycles. The molecular formula is C22H20O4. The van der Waals surface area contributed by atoms with Gasteiger partial charge in [0.05, 0.1) is 0 Å². The Morgan fingerprint density at radius 3 is 2.04 bits per heavy atom. The highest BCUT2D eigenvalue weighted by Gasteiger charge is 2.17. The lowest BCUT2D eigenvalue weighted by Gasteiger charge is -2.12. The average Bonchev–Trinajstić information content (AvgIpc) is 2.66. The molecule has 0 spiro atoms. The van der Waals surface area contributed by atoms with Crippen molar-refractivity contribution in [1.82, 2.24) is 0 Å². The molecule has 4 nitrogen and oxygen atoms in total. The maximum absolute atomic E-state index is 12.3. The minimum Gasteiger partial charge on any atom is -0.507 e. The first-order valence-electron chi connectivity index (χ1n) is 8.35. The molecule has 3 aromatic rings. The second-order valence-corrected chi connectivity index (χ2v) is 5.97. The predicted molar refractivity (Wildman–Crippen MR) is 99.2 cm³/mol. The van der Waals surface area contributed by atoms with Gasteiger partial charge in [-0.3, -0.25) is 0 Å². The molecule has 3 aromatic carbocycles. The number of aromatic hydroxyl groups is 1. The maximum atomic E-state index is 12.3. The van der Waals surface area contributed by atoms with Crippen molar-refractivity contribution in [2.45, 2.75) is 20.1 Å². The van der Waals surface area contributed by atoms with Crippen LogP contribution in [0.3, 0.4) is 0 Å². The number of carbonyl (C=O) groups excluding carboxylic acids is 1. The van der Waals surface area contributed by atoms with Gasteiger partial charge in [-0.05, 0) is 29.7 Å². The molecule has 0 aliphatic carbocycles. The number of hydrogen-bond donors (Lipinski definition) is 1. The van der Waals surface area contributed by atoms with Gasteiger partial charge in [-0.15, -0.1) is 0 Å². The molecule has 0 radical (unpaired) electrons. The molecule has 132 valence electrons. The van der Waals surface area contributed by atoms with Crippen molar-refractivity contribution < 1.29 is 19.4 Å². The largest absolute Gasteiger partial charge is 0.507 e. The van der Waals surface area contributed by atoms with E-state index in [1.807, 2.05) is 60.7 Å². The van der Waals surface area contributed by atoms with E-state index in [1.165, 1.54) is 6.07 Å². The van der Waals surface area contributed by atoms with Crippen LogP contribution >= 0.6 is 0 Å². The Morgan fingerprint density at radius 2 is 1.46 bits per heavy atom. The van der Waals surface area contributed by atoms with Crippen LogP contribution in [0, 0.1) is 6.92 Å². The summed E-state index contributed by atoms with van der Waals surface area (Å²) in [6, 6.07) is 22.3. The van der Waals surface area contributed by atoms with Crippen molar-refractivity contribution >= 4 is 5.97 Å². The summed E-state index contributed by atoms with van der Waals surface area (Å²) in [5.41, 5.74) is 2.68. The van der Waals surface area contributed by atoms with Crippen LogP contribution in [0.5, 0.6) is 11.5 Å². The Labute approximate surface area is 152 Å². The summed E-state index contributed by atoms with van der Waals surface area (Å²) in [5.74, 6) is -0.201. The van der Waals surface area contributed by atoms with Gasteiger partial charge in [0.1, 0.15) is 30.3 Å². The molecule has 0 atom stereocenters. The molecule has 0 aliphatic rings. The molecule has 3 rings (SSSR count). The van der Waals surface area contributed by atoms with Gasteiger partial charge in [-0.1, -0.05) is 60.7 Å². The molecular weight excluding hydrogens is 328 g/mol. The number of aryl methyl sites for hydroxylation is 1. The predicted octanol–water partition coefficient (Wildman–Crippen LogP) is 4.64. The summed E-state index contributed by atoms with van der Waals surface area (Å²) in [4.78, 5) is 12.3. The third-order valence-electron chi connectivity index (χ3n) is 3.95. The number of carbonyl (C=O) groups is 1. The molecule has 26 heavy (non-hydrogen) atoms. The van der Waals surface area contributed by atoms with Crippen LogP contribution in [0.2, 0.25) is 0 Å². The molecule has 0 aromatic heterocycles. The fraction of sp³-hybridized carbons (Fsp3) is 0.136. The summed E-state index contributed by atoms with van der Waals surface area (Å²) in [6.45, 7) is 2.29. The van der Waals surface area contributed by atoms with E-state index >= 15 is 0 Å². The maximum Gasteiger partial charge on any atom is 0.342 e. The lowest BCUT2D eigenvalue weighted by atomic mass is 10.1. The van der Waals surface area contributed by atoms with E-state index in [0.29, 0.717) is 17.9 Å². The van der Waals surface area contributed by atoms with Crippen LogP contribution in [-0.2, 0) is 18.0 Å². The molecule has 0 fully saturated rings.